The molecule has 1 aliphatic carbocycles. The van der Waals surface area contributed by atoms with Crippen molar-refractivity contribution in [2.75, 3.05) is 0 Å². The van der Waals surface area contributed by atoms with Gasteiger partial charge in [0, 0.05) is 7.05 Å². The number of benzene rings is 1. The number of hydrogen-bond donors (Lipinski definition) is 0. The Morgan fingerprint density at radius 3 is 2.93 bits per heavy atom. The van der Waals surface area contributed by atoms with Crippen LogP contribution in [0.5, 0.6) is 0 Å². The quantitative estimate of drug-likeness (QED) is 0.805. The minimum atomic E-state index is 0.648. The largest absolute Gasteiger partial charge is 0.247 e. The van der Waals surface area contributed by atoms with Crippen molar-refractivity contribution < 1.29 is 0 Å². The molecule has 78 valence electrons. The first-order valence-electron chi connectivity index (χ1n) is 4.85. The maximum Gasteiger partial charge on any atom is 0.129 e. The summed E-state index contributed by atoms with van der Waals surface area (Å²) in [6.45, 7) is 0. The summed E-state index contributed by atoms with van der Waals surface area (Å²) < 4.78 is 2.67. The van der Waals surface area contributed by atoms with Crippen LogP contribution in [0, 0.1) is 0 Å². The highest BCUT2D eigenvalue weighted by Gasteiger charge is 2.28. The summed E-state index contributed by atoms with van der Waals surface area (Å²) in [4.78, 5) is 0. The second-order valence-corrected chi connectivity index (χ2v) is 5.15. The molecule has 3 rings (SSSR count). The molecule has 0 aliphatic heterocycles. The first-order chi connectivity index (χ1) is 7.18. The van der Waals surface area contributed by atoms with Crippen LogP contribution in [0.3, 0.4) is 0 Å². The zero-order valence-electron chi connectivity index (χ0n) is 8.17. The van der Waals surface area contributed by atoms with Crippen molar-refractivity contribution in [1.29, 1.82) is 0 Å². The van der Waals surface area contributed by atoms with Gasteiger partial charge in [-0.25, -0.2) is 4.68 Å². The van der Waals surface area contributed by atoms with Crippen LogP contribution in [-0.4, -0.2) is 15.0 Å². The van der Waals surface area contributed by atoms with Crippen molar-refractivity contribution in [2.45, 2.75) is 18.8 Å². The maximum absolute atomic E-state index is 6.15. The number of nitrogens with zero attached hydrogens (tertiary/aromatic N) is 3. The van der Waals surface area contributed by atoms with E-state index in [-0.39, 0.29) is 0 Å². The van der Waals surface area contributed by atoms with Crippen LogP contribution in [0.4, 0.5) is 0 Å². The fourth-order valence-electron chi connectivity index (χ4n) is 1.92. The van der Waals surface area contributed by atoms with Gasteiger partial charge in [0.1, 0.15) is 5.52 Å². The molecule has 3 nitrogen and oxygen atoms in total. The molecule has 0 atom stereocenters. The van der Waals surface area contributed by atoms with Gasteiger partial charge < -0.3 is 0 Å². The zero-order valence-corrected chi connectivity index (χ0v) is 10.5. The molecule has 15 heavy (non-hydrogen) atoms. The van der Waals surface area contributed by atoms with E-state index in [2.05, 4.69) is 26.2 Å². The Morgan fingerprint density at radius 1 is 1.53 bits per heavy atom. The average Bonchev–Trinajstić information content (AvgIpc) is 2.97. The van der Waals surface area contributed by atoms with E-state index in [4.69, 9.17) is 11.6 Å². The van der Waals surface area contributed by atoms with E-state index in [1.807, 2.05) is 17.8 Å². The second kappa shape index (κ2) is 3.19. The van der Waals surface area contributed by atoms with Gasteiger partial charge in [0.15, 0.2) is 0 Å². The van der Waals surface area contributed by atoms with E-state index in [0.717, 1.165) is 20.5 Å². The van der Waals surface area contributed by atoms with E-state index >= 15 is 0 Å². The van der Waals surface area contributed by atoms with E-state index in [0.29, 0.717) is 5.92 Å². The molecule has 0 saturated heterocycles. The van der Waals surface area contributed by atoms with Gasteiger partial charge in [-0.05, 0) is 46.3 Å². The first kappa shape index (κ1) is 9.60. The summed E-state index contributed by atoms with van der Waals surface area (Å²) in [5, 5.41) is 8.90. The Hall–Kier alpha value is -0.610. The number of fused-ring (bicyclic) bond motifs is 1. The standard InChI is InChI=1S/C10H9BrClN3/c1-15-10-6(5-2-3-5)4-7(12)8(11)9(10)13-14-15/h4-5H,2-3H2,1H3. The minimum absolute atomic E-state index is 0.648. The smallest absolute Gasteiger partial charge is 0.129 e. The van der Waals surface area contributed by atoms with Gasteiger partial charge in [-0.1, -0.05) is 16.8 Å². The maximum atomic E-state index is 6.15. The summed E-state index contributed by atoms with van der Waals surface area (Å²) in [6.07, 6.45) is 2.50. The van der Waals surface area contributed by atoms with Crippen LogP contribution in [0.25, 0.3) is 11.0 Å². The van der Waals surface area contributed by atoms with E-state index < -0.39 is 0 Å². The summed E-state index contributed by atoms with van der Waals surface area (Å²) in [5.74, 6) is 0.648. The lowest BCUT2D eigenvalue weighted by Gasteiger charge is -2.05. The Balaban J connectivity index is 2.42. The van der Waals surface area contributed by atoms with Gasteiger partial charge in [0.25, 0.3) is 0 Å². The molecular formula is C10H9BrClN3. The number of aromatic nitrogens is 3. The number of hydrogen-bond acceptors (Lipinski definition) is 2. The number of rotatable bonds is 1. The molecule has 2 aromatic rings. The van der Waals surface area contributed by atoms with Gasteiger partial charge in [-0.3, -0.25) is 0 Å². The van der Waals surface area contributed by atoms with Crippen LogP contribution in [0.15, 0.2) is 10.5 Å². The topological polar surface area (TPSA) is 30.7 Å². The van der Waals surface area contributed by atoms with Crippen LogP contribution in [-0.2, 0) is 7.05 Å². The molecule has 0 N–H and O–H groups in total. The highest BCUT2D eigenvalue weighted by molar-refractivity contribution is 9.10. The van der Waals surface area contributed by atoms with Gasteiger partial charge in [0.05, 0.1) is 15.0 Å². The Labute approximate surface area is 101 Å². The molecule has 5 heteroatoms. The second-order valence-electron chi connectivity index (χ2n) is 3.95. The lowest BCUT2D eigenvalue weighted by molar-refractivity contribution is 0.733. The molecule has 0 amide bonds. The lowest BCUT2D eigenvalue weighted by atomic mass is 10.1. The molecule has 1 aromatic heterocycles. The first-order valence-corrected chi connectivity index (χ1v) is 6.03. The molecule has 0 bridgehead atoms. The van der Waals surface area contributed by atoms with Gasteiger partial charge in [-0.15, -0.1) is 5.10 Å². The summed E-state index contributed by atoms with van der Waals surface area (Å²) in [5.41, 5.74) is 3.26. The van der Waals surface area contributed by atoms with Crippen LogP contribution < -0.4 is 0 Å². The Bertz CT molecular complexity index is 545. The molecule has 1 aromatic carbocycles. The third kappa shape index (κ3) is 1.39. The van der Waals surface area contributed by atoms with Gasteiger partial charge in [-0.2, -0.15) is 0 Å². The minimum Gasteiger partial charge on any atom is -0.247 e. The molecule has 1 saturated carbocycles. The normalized spacial score (nSPS) is 16.2. The van der Waals surface area contributed by atoms with Crippen molar-refractivity contribution in [3.05, 3.63) is 21.1 Å². The highest BCUT2D eigenvalue weighted by Crippen LogP contribution is 2.45. The summed E-state index contributed by atoms with van der Waals surface area (Å²) in [7, 11) is 1.92. The van der Waals surface area contributed by atoms with Crippen molar-refractivity contribution in [1.82, 2.24) is 15.0 Å². The third-order valence-corrected chi connectivity index (χ3v) is 4.15. The Morgan fingerprint density at radius 2 is 2.27 bits per heavy atom. The molecular weight excluding hydrogens is 277 g/mol. The average molecular weight is 287 g/mol. The predicted molar refractivity (Wildman–Crippen MR) is 63.2 cm³/mol. The van der Waals surface area contributed by atoms with E-state index in [9.17, 15) is 0 Å². The molecule has 1 heterocycles. The lowest BCUT2D eigenvalue weighted by Crippen LogP contribution is -1.94. The molecule has 1 aliphatic rings. The van der Waals surface area contributed by atoms with Gasteiger partial charge in [0.2, 0.25) is 0 Å². The zero-order chi connectivity index (χ0) is 10.6. The summed E-state index contributed by atoms with van der Waals surface area (Å²) >= 11 is 9.60. The fraction of sp³-hybridized carbons (Fsp3) is 0.400. The summed E-state index contributed by atoms with van der Waals surface area (Å²) in [6, 6.07) is 2.04. The SMILES string of the molecule is Cn1nnc2c(Br)c(Cl)cc(C3CC3)c21. The van der Waals surface area contributed by atoms with Crippen molar-refractivity contribution in [3.8, 4) is 0 Å². The van der Waals surface area contributed by atoms with E-state index in [1.165, 1.54) is 18.4 Å². The molecule has 0 spiro atoms. The Kier molecular flexibility index (Phi) is 2.04. The number of aryl methyl sites for hydroxylation is 1. The highest BCUT2D eigenvalue weighted by atomic mass is 79.9. The van der Waals surface area contributed by atoms with Crippen LogP contribution in [0.1, 0.15) is 24.3 Å². The van der Waals surface area contributed by atoms with Crippen molar-refractivity contribution >= 4 is 38.6 Å². The third-order valence-electron chi connectivity index (χ3n) is 2.82. The number of halogens is 2. The molecule has 0 unspecified atom stereocenters. The van der Waals surface area contributed by atoms with Crippen LogP contribution in [0.2, 0.25) is 5.02 Å². The molecule has 0 radical (unpaired) electrons. The van der Waals surface area contributed by atoms with E-state index in [1.54, 1.807) is 0 Å². The monoisotopic (exact) mass is 285 g/mol. The predicted octanol–water partition coefficient (Wildman–Crippen LogP) is 3.26. The van der Waals surface area contributed by atoms with Crippen molar-refractivity contribution in [3.63, 3.8) is 0 Å². The van der Waals surface area contributed by atoms with Crippen molar-refractivity contribution in [2.24, 2.45) is 7.05 Å². The van der Waals surface area contributed by atoms with Crippen LogP contribution >= 0.6 is 27.5 Å². The fourth-order valence-corrected chi connectivity index (χ4v) is 2.50. The molecule has 1 fully saturated rings. The van der Waals surface area contributed by atoms with Gasteiger partial charge >= 0.3 is 0 Å².